The smallest absolute Gasteiger partial charge is 0.164 e. The van der Waals surface area contributed by atoms with E-state index in [1.165, 1.54) is 0 Å². The summed E-state index contributed by atoms with van der Waals surface area (Å²) < 4.78 is 6.29. The van der Waals surface area contributed by atoms with Crippen LogP contribution >= 0.6 is 0 Å². The number of para-hydroxylation sites is 2. The van der Waals surface area contributed by atoms with Crippen molar-refractivity contribution in [2.75, 3.05) is 0 Å². The molecule has 3 heterocycles. The van der Waals surface area contributed by atoms with Gasteiger partial charge in [0.05, 0.1) is 11.0 Å². The van der Waals surface area contributed by atoms with Crippen molar-refractivity contribution in [1.82, 2.24) is 24.9 Å². The average Bonchev–Trinajstić information content (AvgIpc) is 3.63. The molecule has 0 radical (unpaired) electrons. The van der Waals surface area contributed by atoms with Gasteiger partial charge in [-0.1, -0.05) is 84.9 Å². The fourth-order valence-electron chi connectivity index (χ4n) is 5.18. The van der Waals surface area contributed by atoms with Crippen LogP contribution in [0.5, 0.6) is 0 Å². The third-order valence-corrected chi connectivity index (χ3v) is 7.10. The maximum absolute atomic E-state index is 6.29. The first kappa shape index (κ1) is 22.4. The Hall–Kier alpha value is -5.62. The molecule has 0 amide bonds. The number of hydrogen-bond acceptors (Lipinski definition) is 5. The van der Waals surface area contributed by atoms with Gasteiger partial charge in [-0.25, -0.2) is 19.9 Å². The van der Waals surface area contributed by atoms with Crippen LogP contribution in [0.15, 0.2) is 126 Å². The molecular formula is C34H21N5O. The Kier molecular flexibility index (Phi) is 5.03. The maximum Gasteiger partial charge on any atom is 0.164 e. The third-order valence-electron chi connectivity index (χ3n) is 7.10. The van der Waals surface area contributed by atoms with Crippen molar-refractivity contribution >= 4 is 33.0 Å². The number of furan rings is 1. The van der Waals surface area contributed by atoms with E-state index in [0.29, 0.717) is 17.5 Å². The minimum Gasteiger partial charge on any atom is -0.456 e. The molecule has 8 rings (SSSR count). The molecule has 8 aromatic rings. The highest BCUT2D eigenvalue weighted by atomic mass is 16.3. The summed E-state index contributed by atoms with van der Waals surface area (Å²) in [5.41, 5.74) is 7.23. The largest absolute Gasteiger partial charge is 0.456 e. The highest BCUT2D eigenvalue weighted by molar-refractivity contribution is 6.12. The highest BCUT2D eigenvalue weighted by Crippen LogP contribution is 2.38. The number of aromatic nitrogens is 5. The molecule has 6 nitrogen and oxygen atoms in total. The van der Waals surface area contributed by atoms with Crippen molar-refractivity contribution < 1.29 is 4.42 Å². The normalized spacial score (nSPS) is 11.5. The Morgan fingerprint density at radius 2 is 1.18 bits per heavy atom. The van der Waals surface area contributed by atoms with Crippen molar-refractivity contribution in [2.24, 2.45) is 0 Å². The molecule has 0 saturated heterocycles. The molecule has 3 aromatic heterocycles. The van der Waals surface area contributed by atoms with Gasteiger partial charge in [-0.2, -0.15) is 0 Å². The van der Waals surface area contributed by atoms with Crippen LogP contribution in [0.1, 0.15) is 0 Å². The summed E-state index contributed by atoms with van der Waals surface area (Å²) in [6.07, 6.45) is 0. The van der Waals surface area contributed by atoms with Crippen LogP contribution in [-0.2, 0) is 0 Å². The van der Waals surface area contributed by atoms with Gasteiger partial charge in [-0.05, 0) is 36.4 Å². The van der Waals surface area contributed by atoms with E-state index in [2.05, 4.69) is 11.1 Å². The van der Waals surface area contributed by atoms with E-state index in [-0.39, 0.29) is 0 Å². The average molecular weight is 516 g/mol. The summed E-state index contributed by atoms with van der Waals surface area (Å²) in [7, 11) is 0. The number of hydrogen-bond donors (Lipinski definition) is 1. The van der Waals surface area contributed by atoms with Gasteiger partial charge in [0.1, 0.15) is 17.0 Å². The zero-order valence-corrected chi connectivity index (χ0v) is 21.2. The lowest BCUT2D eigenvalue weighted by atomic mass is 10.0. The van der Waals surface area contributed by atoms with Crippen LogP contribution in [0.4, 0.5) is 0 Å². The summed E-state index contributed by atoms with van der Waals surface area (Å²) in [6.45, 7) is 0. The van der Waals surface area contributed by atoms with Gasteiger partial charge < -0.3 is 9.40 Å². The van der Waals surface area contributed by atoms with E-state index in [0.717, 1.165) is 61.1 Å². The van der Waals surface area contributed by atoms with E-state index < -0.39 is 0 Å². The van der Waals surface area contributed by atoms with Gasteiger partial charge in [0, 0.05) is 33.0 Å². The van der Waals surface area contributed by atoms with Gasteiger partial charge in [-0.3, -0.25) is 0 Å². The van der Waals surface area contributed by atoms with Gasteiger partial charge in [0.25, 0.3) is 0 Å². The van der Waals surface area contributed by atoms with Gasteiger partial charge in [-0.15, -0.1) is 0 Å². The second-order valence-corrected chi connectivity index (χ2v) is 9.63. The lowest BCUT2D eigenvalue weighted by Gasteiger charge is -2.09. The zero-order valence-electron chi connectivity index (χ0n) is 21.2. The molecule has 5 aromatic carbocycles. The third kappa shape index (κ3) is 3.74. The molecule has 0 aliphatic rings. The van der Waals surface area contributed by atoms with Crippen LogP contribution in [0, 0.1) is 0 Å². The van der Waals surface area contributed by atoms with Crippen molar-refractivity contribution in [2.45, 2.75) is 0 Å². The minimum absolute atomic E-state index is 0.593. The van der Waals surface area contributed by atoms with Crippen molar-refractivity contribution in [3.05, 3.63) is 121 Å². The standard InChI is InChI=1S/C34H21N5O/c1-3-10-21(11-4-1)31-37-32(22-12-5-2-6-13-22)39-34(38-31)24-14-9-17-29-30(24)25-20-23(18-19-28(25)40-29)33-35-26-15-7-8-16-27(26)36-33/h1-20H,(H,35,36). The summed E-state index contributed by atoms with van der Waals surface area (Å²) >= 11 is 0. The molecule has 40 heavy (non-hydrogen) atoms. The van der Waals surface area contributed by atoms with Gasteiger partial charge >= 0.3 is 0 Å². The fourth-order valence-corrected chi connectivity index (χ4v) is 5.18. The Labute approximate surface area is 229 Å². The molecule has 0 unspecified atom stereocenters. The number of rotatable bonds is 4. The predicted molar refractivity (Wildman–Crippen MR) is 159 cm³/mol. The number of aromatic amines is 1. The molecular weight excluding hydrogens is 494 g/mol. The monoisotopic (exact) mass is 515 g/mol. The van der Waals surface area contributed by atoms with E-state index >= 15 is 0 Å². The van der Waals surface area contributed by atoms with Crippen LogP contribution < -0.4 is 0 Å². The second kappa shape index (κ2) is 8.99. The lowest BCUT2D eigenvalue weighted by Crippen LogP contribution is -2.00. The Morgan fingerprint density at radius 3 is 1.90 bits per heavy atom. The van der Waals surface area contributed by atoms with Crippen LogP contribution in [0.2, 0.25) is 0 Å². The minimum atomic E-state index is 0.593. The summed E-state index contributed by atoms with van der Waals surface area (Å²) in [4.78, 5) is 23.0. The molecule has 0 bridgehead atoms. The number of H-pyrrole nitrogens is 1. The first-order valence-electron chi connectivity index (χ1n) is 13.1. The topological polar surface area (TPSA) is 80.5 Å². The van der Waals surface area contributed by atoms with Crippen LogP contribution in [0.25, 0.3) is 78.5 Å². The molecule has 0 spiro atoms. The molecule has 0 atom stereocenters. The second-order valence-electron chi connectivity index (χ2n) is 9.63. The van der Waals surface area contributed by atoms with E-state index in [1.807, 2.05) is 115 Å². The molecule has 0 aliphatic heterocycles. The molecule has 0 fully saturated rings. The van der Waals surface area contributed by atoms with Crippen LogP contribution in [-0.4, -0.2) is 24.9 Å². The first-order chi connectivity index (χ1) is 19.8. The molecule has 6 heteroatoms. The number of fused-ring (bicyclic) bond motifs is 4. The predicted octanol–water partition coefficient (Wildman–Crippen LogP) is 8.32. The Bertz CT molecular complexity index is 2070. The molecule has 0 saturated carbocycles. The Balaban J connectivity index is 1.36. The van der Waals surface area contributed by atoms with Crippen molar-refractivity contribution in [3.63, 3.8) is 0 Å². The summed E-state index contributed by atoms with van der Waals surface area (Å²) in [5, 5.41) is 1.94. The molecule has 188 valence electrons. The van der Waals surface area contributed by atoms with E-state index in [1.54, 1.807) is 0 Å². The number of benzene rings is 5. The first-order valence-corrected chi connectivity index (χ1v) is 13.1. The number of nitrogens with one attached hydrogen (secondary N) is 1. The van der Waals surface area contributed by atoms with Crippen molar-refractivity contribution in [1.29, 1.82) is 0 Å². The van der Waals surface area contributed by atoms with Gasteiger partial charge in [0.15, 0.2) is 17.5 Å². The number of nitrogens with zero attached hydrogens (tertiary/aromatic N) is 4. The molecule has 1 N–H and O–H groups in total. The number of imidazole rings is 1. The SMILES string of the molecule is c1ccc(-c2nc(-c3ccccc3)nc(-c3cccc4oc5ccc(-c6nc7ccccc7[nH]6)cc5c34)n2)cc1. The van der Waals surface area contributed by atoms with Crippen molar-refractivity contribution in [3.8, 4) is 45.6 Å². The summed E-state index contributed by atoms with van der Waals surface area (Å²) in [5.74, 6) is 2.65. The van der Waals surface area contributed by atoms with E-state index in [9.17, 15) is 0 Å². The van der Waals surface area contributed by atoms with E-state index in [4.69, 9.17) is 24.4 Å². The highest BCUT2D eigenvalue weighted by Gasteiger charge is 2.18. The molecule has 0 aliphatic carbocycles. The maximum atomic E-state index is 6.29. The van der Waals surface area contributed by atoms with Gasteiger partial charge in [0.2, 0.25) is 0 Å². The fraction of sp³-hybridized carbons (Fsp3) is 0. The quantitative estimate of drug-likeness (QED) is 0.255. The summed E-state index contributed by atoms with van der Waals surface area (Å²) in [6, 6.07) is 40.2. The zero-order chi connectivity index (χ0) is 26.5. The Morgan fingerprint density at radius 1 is 0.500 bits per heavy atom. The lowest BCUT2D eigenvalue weighted by molar-refractivity contribution is 0.669. The van der Waals surface area contributed by atoms with Crippen LogP contribution in [0.3, 0.4) is 0 Å².